The summed E-state index contributed by atoms with van der Waals surface area (Å²) in [5, 5.41) is 4.48. The molecule has 0 radical (unpaired) electrons. The van der Waals surface area contributed by atoms with E-state index in [4.69, 9.17) is 0 Å². The normalized spacial score (nSPS) is 10.6. The van der Waals surface area contributed by atoms with E-state index in [2.05, 4.69) is 26.2 Å². The number of hydrogen-bond acceptors (Lipinski definition) is 2. The molecule has 15 heavy (non-hydrogen) atoms. The third kappa shape index (κ3) is 1.81. The molecule has 0 aliphatic heterocycles. The number of fused-ring (bicyclic) bond motifs is 1. The van der Waals surface area contributed by atoms with E-state index in [0.29, 0.717) is 11.2 Å². The Labute approximate surface area is 95.6 Å². The van der Waals surface area contributed by atoms with E-state index in [1.54, 1.807) is 18.3 Å². The van der Waals surface area contributed by atoms with Crippen LogP contribution in [0.5, 0.6) is 0 Å². The number of pyridine rings is 1. The Kier molecular flexibility index (Phi) is 2.86. The summed E-state index contributed by atoms with van der Waals surface area (Å²) in [4.78, 5) is 4.19. The second kappa shape index (κ2) is 4.14. The van der Waals surface area contributed by atoms with Crippen LogP contribution in [0.4, 0.5) is 10.2 Å². The van der Waals surface area contributed by atoms with E-state index in [9.17, 15) is 4.39 Å². The average molecular weight is 269 g/mol. The third-order valence-corrected chi connectivity index (χ3v) is 2.83. The maximum Gasteiger partial charge on any atom is 0.135 e. The van der Waals surface area contributed by atoms with Gasteiger partial charge in [-0.3, -0.25) is 0 Å². The molecule has 78 valence electrons. The van der Waals surface area contributed by atoms with Gasteiger partial charge in [-0.2, -0.15) is 0 Å². The maximum absolute atomic E-state index is 13.5. The predicted molar refractivity (Wildman–Crippen MR) is 63.6 cm³/mol. The highest BCUT2D eigenvalue weighted by atomic mass is 79.9. The molecule has 0 saturated carbocycles. The van der Waals surface area contributed by atoms with E-state index >= 15 is 0 Å². The molecule has 0 spiro atoms. The van der Waals surface area contributed by atoms with Crippen molar-refractivity contribution >= 4 is 32.5 Å². The molecule has 0 aliphatic carbocycles. The van der Waals surface area contributed by atoms with Crippen LogP contribution in [0.25, 0.3) is 10.8 Å². The first kappa shape index (κ1) is 10.4. The summed E-state index contributed by atoms with van der Waals surface area (Å²) in [5.74, 6) is 0.483. The molecule has 4 heteroatoms. The number of halogens is 2. The Morgan fingerprint density at radius 2 is 2.20 bits per heavy atom. The van der Waals surface area contributed by atoms with Crippen molar-refractivity contribution in [2.75, 3.05) is 11.9 Å². The molecule has 2 nitrogen and oxygen atoms in total. The Morgan fingerprint density at radius 1 is 1.40 bits per heavy atom. The Balaban J connectivity index is 2.78. The average Bonchev–Trinajstić information content (AvgIpc) is 2.24. The summed E-state index contributed by atoms with van der Waals surface area (Å²) >= 11 is 3.41. The highest BCUT2D eigenvalue weighted by molar-refractivity contribution is 9.10. The van der Waals surface area contributed by atoms with Gasteiger partial charge in [-0.15, -0.1) is 0 Å². The van der Waals surface area contributed by atoms with Gasteiger partial charge in [-0.25, -0.2) is 9.37 Å². The van der Waals surface area contributed by atoms with Crippen molar-refractivity contribution in [2.45, 2.75) is 6.92 Å². The van der Waals surface area contributed by atoms with Gasteiger partial charge in [0.05, 0.1) is 0 Å². The van der Waals surface area contributed by atoms with Gasteiger partial charge in [-0.05, 0) is 25.1 Å². The molecule has 2 aromatic rings. The summed E-state index contributed by atoms with van der Waals surface area (Å²) in [6.45, 7) is 2.74. The minimum absolute atomic E-state index is 0.227. The lowest BCUT2D eigenvalue weighted by atomic mass is 10.1. The Bertz CT molecular complexity index is 499. The lowest BCUT2D eigenvalue weighted by molar-refractivity contribution is 0.639. The standard InChI is InChI=1S/C11H10BrFN2/c1-2-14-11-10-7(5-6-15-11)9(13)4-3-8(10)12/h3-6H,2H2,1H3,(H,14,15). The molecule has 0 atom stereocenters. The molecule has 0 aliphatic rings. The fourth-order valence-corrected chi connectivity index (χ4v) is 2.06. The predicted octanol–water partition coefficient (Wildman–Crippen LogP) is 3.57. The number of aromatic nitrogens is 1. The van der Waals surface area contributed by atoms with Crippen molar-refractivity contribution in [1.29, 1.82) is 0 Å². The van der Waals surface area contributed by atoms with Crippen LogP contribution >= 0.6 is 15.9 Å². The molecule has 0 amide bonds. The molecular weight excluding hydrogens is 259 g/mol. The summed E-state index contributed by atoms with van der Waals surface area (Å²) in [6, 6.07) is 4.82. The van der Waals surface area contributed by atoms with Crippen LogP contribution in [0, 0.1) is 5.82 Å². The maximum atomic E-state index is 13.5. The number of anilines is 1. The van der Waals surface area contributed by atoms with Crippen LogP contribution in [0.1, 0.15) is 6.92 Å². The largest absolute Gasteiger partial charge is 0.370 e. The fourth-order valence-electron chi connectivity index (χ4n) is 1.52. The number of nitrogens with zero attached hydrogens (tertiary/aromatic N) is 1. The molecule has 0 saturated heterocycles. The molecule has 1 aromatic heterocycles. The van der Waals surface area contributed by atoms with Crippen LogP contribution in [-0.2, 0) is 0 Å². The monoisotopic (exact) mass is 268 g/mol. The summed E-state index contributed by atoms with van der Waals surface area (Å²) in [6.07, 6.45) is 1.61. The number of hydrogen-bond donors (Lipinski definition) is 1. The van der Waals surface area contributed by atoms with E-state index < -0.39 is 0 Å². The van der Waals surface area contributed by atoms with E-state index in [1.165, 1.54) is 6.07 Å². The van der Waals surface area contributed by atoms with Crippen LogP contribution in [0.2, 0.25) is 0 Å². The SMILES string of the molecule is CCNc1nccc2c(F)ccc(Br)c12. The highest BCUT2D eigenvalue weighted by Gasteiger charge is 2.08. The molecular formula is C11H10BrFN2. The molecule has 0 fully saturated rings. The second-order valence-electron chi connectivity index (χ2n) is 3.14. The minimum Gasteiger partial charge on any atom is -0.370 e. The van der Waals surface area contributed by atoms with Crippen LogP contribution in [0.3, 0.4) is 0 Å². The quantitative estimate of drug-likeness (QED) is 0.901. The van der Waals surface area contributed by atoms with E-state index in [1.807, 2.05) is 6.92 Å². The molecule has 1 N–H and O–H groups in total. The lowest BCUT2D eigenvalue weighted by Gasteiger charge is -2.08. The molecule has 1 aromatic carbocycles. The molecule has 1 heterocycles. The van der Waals surface area contributed by atoms with Gasteiger partial charge in [0.1, 0.15) is 11.6 Å². The summed E-state index contributed by atoms with van der Waals surface area (Å²) < 4.78 is 14.4. The van der Waals surface area contributed by atoms with Crippen LogP contribution in [0.15, 0.2) is 28.9 Å². The van der Waals surface area contributed by atoms with Crippen molar-refractivity contribution in [2.24, 2.45) is 0 Å². The van der Waals surface area contributed by atoms with Gasteiger partial charge in [0, 0.05) is 28.0 Å². The molecule has 0 bridgehead atoms. The van der Waals surface area contributed by atoms with Crippen molar-refractivity contribution in [3.8, 4) is 0 Å². The van der Waals surface area contributed by atoms with Gasteiger partial charge in [-0.1, -0.05) is 15.9 Å². The lowest BCUT2D eigenvalue weighted by Crippen LogP contribution is -2.00. The van der Waals surface area contributed by atoms with Crippen molar-refractivity contribution in [3.63, 3.8) is 0 Å². The molecule has 0 unspecified atom stereocenters. The van der Waals surface area contributed by atoms with E-state index in [0.717, 1.165) is 16.4 Å². The van der Waals surface area contributed by atoms with Gasteiger partial charge < -0.3 is 5.32 Å². The first-order valence-electron chi connectivity index (χ1n) is 4.70. The zero-order valence-corrected chi connectivity index (χ0v) is 9.81. The number of benzene rings is 1. The summed E-state index contributed by atoms with van der Waals surface area (Å²) in [5.41, 5.74) is 0. The number of rotatable bonds is 2. The van der Waals surface area contributed by atoms with Gasteiger partial charge in [0.2, 0.25) is 0 Å². The zero-order chi connectivity index (χ0) is 10.8. The van der Waals surface area contributed by atoms with Crippen molar-refractivity contribution < 1.29 is 4.39 Å². The van der Waals surface area contributed by atoms with Crippen molar-refractivity contribution in [1.82, 2.24) is 4.98 Å². The summed E-state index contributed by atoms with van der Waals surface area (Å²) in [7, 11) is 0. The van der Waals surface area contributed by atoms with E-state index in [-0.39, 0.29) is 5.82 Å². The highest BCUT2D eigenvalue weighted by Crippen LogP contribution is 2.30. The smallest absolute Gasteiger partial charge is 0.135 e. The minimum atomic E-state index is -0.227. The second-order valence-corrected chi connectivity index (χ2v) is 4.00. The zero-order valence-electron chi connectivity index (χ0n) is 8.22. The van der Waals surface area contributed by atoms with Gasteiger partial charge in [0.15, 0.2) is 0 Å². The van der Waals surface area contributed by atoms with Gasteiger partial charge in [0.25, 0.3) is 0 Å². The van der Waals surface area contributed by atoms with Gasteiger partial charge >= 0.3 is 0 Å². The van der Waals surface area contributed by atoms with Crippen LogP contribution in [-0.4, -0.2) is 11.5 Å². The Morgan fingerprint density at radius 3 is 2.93 bits per heavy atom. The Hall–Kier alpha value is -1.16. The third-order valence-electron chi connectivity index (χ3n) is 2.17. The van der Waals surface area contributed by atoms with Crippen LogP contribution < -0.4 is 5.32 Å². The fraction of sp³-hybridized carbons (Fsp3) is 0.182. The first-order valence-corrected chi connectivity index (χ1v) is 5.50. The number of nitrogens with one attached hydrogen (secondary N) is 1. The first-order chi connectivity index (χ1) is 7.24. The van der Waals surface area contributed by atoms with Crippen molar-refractivity contribution in [3.05, 3.63) is 34.7 Å². The topological polar surface area (TPSA) is 24.9 Å². The molecule has 2 rings (SSSR count).